The van der Waals surface area contributed by atoms with Crippen LogP contribution in [0.2, 0.25) is 0 Å². The summed E-state index contributed by atoms with van der Waals surface area (Å²) in [5.74, 6) is 0. The number of likely N-dealkylation sites (tertiary alicyclic amines) is 1. The average molecular weight is 145 g/mol. The van der Waals surface area contributed by atoms with Crippen LogP contribution < -0.4 is 0 Å². The molecule has 10 heavy (non-hydrogen) atoms. The van der Waals surface area contributed by atoms with E-state index in [4.69, 9.17) is 4.74 Å². The Labute approximate surface area is 60.0 Å². The minimum atomic E-state index is -0.583. The molecule has 0 unspecified atom stereocenters. The van der Waals surface area contributed by atoms with Crippen molar-refractivity contribution in [2.75, 3.05) is 26.3 Å². The standard InChI is InChI=1S/C7H12FNO/c8-6-1-2-9(3-6)7-4-10-5-7/h6-7H,1-5H2/t6-/m1/s1. The van der Waals surface area contributed by atoms with Gasteiger partial charge in [-0.05, 0) is 6.42 Å². The van der Waals surface area contributed by atoms with Crippen LogP contribution in [0.3, 0.4) is 0 Å². The van der Waals surface area contributed by atoms with Gasteiger partial charge in [-0.3, -0.25) is 4.90 Å². The van der Waals surface area contributed by atoms with Crippen molar-refractivity contribution in [1.82, 2.24) is 4.90 Å². The largest absolute Gasteiger partial charge is 0.378 e. The smallest absolute Gasteiger partial charge is 0.114 e. The molecule has 58 valence electrons. The Hall–Kier alpha value is -0.150. The van der Waals surface area contributed by atoms with E-state index in [1.807, 2.05) is 0 Å². The van der Waals surface area contributed by atoms with Crippen LogP contribution in [0.4, 0.5) is 4.39 Å². The molecule has 0 saturated carbocycles. The van der Waals surface area contributed by atoms with Crippen molar-refractivity contribution >= 4 is 0 Å². The molecule has 0 aromatic rings. The van der Waals surface area contributed by atoms with Gasteiger partial charge in [-0.2, -0.15) is 0 Å². The third kappa shape index (κ3) is 1.04. The third-order valence-corrected chi connectivity index (χ3v) is 2.30. The first-order valence-electron chi connectivity index (χ1n) is 3.82. The summed E-state index contributed by atoms with van der Waals surface area (Å²) in [4.78, 5) is 2.19. The van der Waals surface area contributed by atoms with Crippen LogP contribution in [0.15, 0.2) is 0 Å². The number of ether oxygens (including phenoxy) is 1. The molecule has 0 spiro atoms. The molecule has 0 N–H and O–H groups in total. The minimum Gasteiger partial charge on any atom is -0.378 e. The SMILES string of the molecule is F[C@@H]1CCN(C2COC2)C1. The van der Waals surface area contributed by atoms with E-state index in [0.29, 0.717) is 12.6 Å². The Bertz CT molecular complexity index is 127. The number of hydrogen-bond acceptors (Lipinski definition) is 2. The van der Waals surface area contributed by atoms with Gasteiger partial charge in [-0.25, -0.2) is 4.39 Å². The van der Waals surface area contributed by atoms with Crippen molar-refractivity contribution in [2.24, 2.45) is 0 Å². The summed E-state index contributed by atoms with van der Waals surface area (Å²) >= 11 is 0. The maximum absolute atomic E-state index is 12.6. The highest BCUT2D eigenvalue weighted by atomic mass is 19.1. The number of alkyl halides is 1. The van der Waals surface area contributed by atoms with Crippen LogP contribution in [0.1, 0.15) is 6.42 Å². The van der Waals surface area contributed by atoms with E-state index in [2.05, 4.69) is 4.90 Å². The normalized spacial score (nSPS) is 36.3. The lowest BCUT2D eigenvalue weighted by Crippen LogP contribution is -2.47. The summed E-state index contributed by atoms with van der Waals surface area (Å²) in [6.45, 7) is 3.18. The van der Waals surface area contributed by atoms with Crippen molar-refractivity contribution in [3.8, 4) is 0 Å². The zero-order valence-corrected chi connectivity index (χ0v) is 5.92. The van der Waals surface area contributed by atoms with E-state index in [9.17, 15) is 4.39 Å². The van der Waals surface area contributed by atoms with E-state index in [0.717, 1.165) is 26.2 Å². The first kappa shape index (κ1) is 6.55. The molecule has 2 fully saturated rings. The molecule has 0 amide bonds. The molecule has 2 nitrogen and oxygen atoms in total. The van der Waals surface area contributed by atoms with Gasteiger partial charge in [0, 0.05) is 13.1 Å². The fraction of sp³-hybridized carbons (Fsp3) is 1.00. The molecule has 0 radical (unpaired) electrons. The summed E-state index contributed by atoms with van der Waals surface area (Å²) in [5.41, 5.74) is 0. The molecule has 2 saturated heterocycles. The van der Waals surface area contributed by atoms with Crippen LogP contribution in [-0.2, 0) is 4.74 Å². The summed E-state index contributed by atoms with van der Waals surface area (Å²) in [6.07, 6.45) is 0.136. The van der Waals surface area contributed by atoms with Crippen LogP contribution in [0.5, 0.6) is 0 Å². The summed E-state index contributed by atoms with van der Waals surface area (Å²) in [7, 11) is 0. The zero-order valence-electron chi connectivity index (χ0n) is 5.92. The molecule has 2 aliphatic rings. The molecular formula is C7H12FNO. The van der Waals surface area contributed by atoms with Crippen LogP contribution in [0.25, 0.3) is 0 Å². The molecule has 2 heterocycles. The molecular weight excluding hydrogens is 133 g/mol. The van der Waals surface area contributed by atoms with Gasteiger partial charge >= 0.3 is 0 Å². The van der Waals surface area contributed by atoms with E-state index in [1.165, 1.54) is 0 Å². The van der Waals surface area contributed by atoms with Crippen molar-refractivity contribution in [3.05, 3.63) is 0 Å². The van der Waals surface area contributed by atoms with Crippen molar-refractivity contribution in [2.45, 2.75) is 18.6 Å². The summed E-state index contributed by atoms with van der Waals surface area (Å²) < 4.78 is 17.6. The molecule has 0 aromatic carbocycles. The van der Waals surface area contributed by atoms with Crippen molar-refractivity contribution in [1.29, 1.82) is 0 Å². The summed E-state index contributed by atoms with van der Waals surface area (Å²) in [5, 5.41) is 0. The third-order valence-electron chi connectivity index (χ3n) is 2.30. The number of hydrogen-bond donors (Lipinski definition) is 0. The fourth-order valence-electron chi connectivity index (χ4n) is 1.51. The number of rotatable bonds is 1. The van der Waals surface area contributed by atoms with Gasteiger partial charge in [0.05, 0.1) is 19.3 Å². The van der Waals surface area contributed by atoms with Gasteiger partial charge < -0.3 is 4.74 Å². The van der Waals surface area contributed by atoms with Gasteiger partial charge in [0.15, 0.2) is 0 Å². The Kier molecular flexibility index (Phi) is 1.62. The summed E-state index contributed by atoms with van der Waals surface area (Å²) in [6, 6.07) is 0.528. The molecule has 2 rings (SSSR count). The Morgan fingerprint density at radius 2 is 2.20 bits per heavy atom. The Morgan fingerprint density at radius 1 is 1.40 bits per heavy atom. The second-order valence-corrected chi connectivity index (χ2v) is 3.07. The predicted octanol–water partition coefficient (Wildman–Crippen LogP) is 0.429. The first-order chi connectivity index (χ1) is 4.86. The van der Waals surface area contributed by atoms with Crippen molar-refractivity contribution in [3.63, 3.8) is 0 Å². The monoisotopic (exact) mass is 145 g/mol. The van der Waals surface area contributed by atoms with Gasteiger partial charge in [0.1, 0.15) is 6.17 Å². The highest BCUT2D eigenvalue weighted by molar-refractivity contribution is 4.84. The topological polar surface area (TPSA) is 12.5 Å². The predicted molar refractivity (Wildman–Crippen MR) is 35.7 cm³/mol. The molecule has 0 aliphatic carbocycles. The highest BCUT2D eigenvalue weighted by Gasteiger charge is 2.31. The lowest BCUT2D eigenvalue weighted by molar-refractivity contribution is -0.0584. The quantitative estimate of drug-likeness (QED) is 0.530. The zero-order chi connectivity index (χ0) is 6.97. The molecule has 1 atom stereocenters. The Morgan fingerprint density at radius 3 is 2.60 bits per heavy atom. The van der Waals surface area contributed by atoms with Gasteiger partial charge in [0.2, 0.25) is 0 Å². The van der Waals surface area contributed by atoms with Crippen LogP contribution >= 0.6 is 0 Å². The first-order valence-corrected chi connectivity index (χ1v) is 3.82. The van der Waals surface area contributed by atoms with E-state index < -0.39 is 6.17 Å². The second-order valence-electron chi connectivity index (χ2n) is 3.07. The van der Waals surface area contributed by atoms with Gasteiger partial charge in [-0.1, -0.05) is 0 Å². The number of nitrogens with zero attached hydrogens (tertiary/aromatic N) is 1. The minimum absolute atomic E-state index is 0.528. The van der Waals surface area contributed by atoms with Crippen LogP contribution in [-0.4, -0.2) is 43.4 Å². The van der Waals surface area contributed by atoms with E-state index in [1.54, 1.807) is 0 Å². The van der Waals surface area contributed by atoms with E-state index in [-0.39, 0.29) is 0 Å². The van der Waals surface area contributed by atoms with Crippen LogP contribution in [0, 0.1) is 0 Å². The second kappa shape index (κ2) is 2.47. The molecule has 3 heteroatoms. The maximum Gasteiger partial charge on any atom is 0.114 e. The van der Waals surface area contributed by atoms with Gasteiger partial charge in [-0.15, -0.1) is 0 Å². The average Bonchev–Trinajstić information content (AvgIpc) is 2.10. The molecule has 0 aromatic heterocycles. The van der Waals surface area contributed by atoms with E-state index >= 15 is 0 Å². The van der Waals surface area contributed by atoms with Crippen molar-refractivity contribution < 1.29 is 9.13 Å². The highest BCUT2D eigenvalue weighted by Crippen LogP contribution is 2.19. The van der Waals surface area contributed by atoms with Gasteiger partial charge in [0.25, 0.3) is 0 Å². The molecule has 2 aliphatic heterocycles. The lowest BCUT2D eigenvalue weighted by Gasteiger charge is -2.34. The molecule has 0 bridgehead atoms. The Balaban J connectivity index is 1.82. The maximum atomic E-state index is 12.6. The number of halogens is 1. The fourth-order valence-corrected chi connectivity index (χ4v) is 1.51. The lowest BCUT2D eigenvalue weighted by atomic mass is 10.2.